The molecule has 0 atom stereocenters. The number of nitrogens with one attached hydrogen (secondary N) is 3. The number of H-pyrrole nitrogens is 1. The van der Waals surface area contributed by atoms with E-state index < -0.39 is 11.7 Å². The van der Waals surface area contributed by atoms with Gasteiger partial charge in [0, 0.05) is 30.7 Å². The minimum absolute atomic E-state index is 0.0568. The van der Waals surface area contributed by atoms with Crippen molar-refractivity contribution in [2.45, 2.75) is 32.9 Å². The molecule has 0 aliphatic carbocycles. The second-order valence-electron chi connectivity index (χ2n) is 4.78. The molecule has 0 spiro atoms. The lowest BCUT2D eigenvalue weighted by Gasteiger charge is -2.19. The van der Waals surface area contributed by atoms with Gasteiger partial charge in [-0.3, -0.25) is 4.79 Å². The topological polar surface area (TPSA) is 83.2 Å². The molecule has 1 heterocycles. The van der Waals surface area contributed by atoms with E-state index in [9.17, 15) is 9.59 Å². The van der Waals surface area contributed by atoms with Crippen LogP contribution in [0.25, 0.3) is 0 Å². The van der Waals surface area contributed by atoms with Gasteiger partial charge in [0.25, 0.3) is 0 Å². The van der Waals surface area contributed by atoms with Gasteiger partial charge >= 0.3 is 11.0 Å². The van der Waals surface area contributed by atoms with Gasteiger partial charge in [-0.1, -0.05) is 11.3 Å². The van der Waals surface area contributed by atoms with Crippen LogP contribution in [0.4, 0.5) is 4.79 Å². The standard InChI is InChI=1S/C11H19N3O3S/c1-11(2,3)17-9(15)13-5-4-12-6-8-7-18-10(16)14-8/h7,12H,4-6H2,1-3H3,(H,13,15)(H,14,16). The molecule has 1 aromatic rings. The Morgan fingerprint density at radius 2 is 2.17 bits per heavy atom. The molecular formula is C11H19N3O3S. The van der Waals surface area contributed by atoms with Crippen LogP contribution in [-0.4, -0.2) is 29.8 Å². The van der Waals surface area contributed by atoms with Crippen LogP contribution in [-0.2, 0) is 11.3 Å². The molecule has 0 bridgehead atoms. The third-order valence-electron chi connectivity index (χ3n) is 1.86. The first-order valence-corrected chi connectivity index (χ1v) is 6.59. The summed E-state index contributed by atoms with van der Waals surface area (Å²) in [7, 11) is 0. The van der Waals surface area contributed by atoms with Gasteiger partial charge in [0.15, 0.2) is 0 Å². The number of ether oxygens (including phenoxy) is 1. The molecule has 0 aliphatic heterocycles. The van der Waals surface area contributed by atoms with Crippen molar-refractivity contribution in [3.05, 3.63) is 20.7 Å². The van der Waals surface area contributed by atoms with Crippen molar-refractivity contribution in [3.8, 4) is 0 Å². The molecule has 0 fully saturated rings. The van der Waals surface area contributed by atoms with Crippen LogP contribution in [0.5, 0.6) is 0 Å². The van der Waals surface area contributed by atoms with E-state index in [4.69, 9.17) is 4.74 Å². The van der Waals surface area contributed by atoms with Gasteiger partial charge in [-0.25, -0.2) is 4.79 Å². The van der Waals surface area contributed by atoms with E-state index in [2.05, 4.69) is 15.6 Å². The molecule has 1 rings (SSSR count). The minimum Gasteiger partial charge on any atom is -0.444 e. The number of alkyl carbamates (subject to hydrolysis) is 1. The summed E-state index contributed by atoms with van der Waals surface area (Å²) < 4.78 is 5.08. The van der Waals surface area contributed by atoms with E-state index in [1.165, 1.54) is 0 Å². The van der Waals surface area contributed by atoms with Crippen LogP contribution in [0, 0.1) is 0 Å². The Balaban J connectivity index is 2.08. The molecule has 0 saturated carbocycles. The molecule has 0 aliphatic rings. The number of aromatic amines is 1. The molecule has 6 nitrogen and oxygen atoms in total. The zero-order chi connectivity index (χ0) is 13.6. The molecule has 7 heteroatoms. The number of hydrogen-bond acceptors (Lipinski definition) is 5. The highest BCUT2D eigenvalue weighted by Gasteiger charge is 2.15. The van der Waals surface area contributed by atoms with Gasteiger partial charge in [0.05, 0.1) is 0 Å². The molecule has 18 heavy (non-hydrogen) atoms. The van der Waals surface area contributed by atoms with E-state index in [1.807, 2.05) is 20.8 Å². The Hall–Kier alpha value is -1.34. The highest BCUT2D eigenvalue weighted by Crippen LogP contribution is 2.05. The summed E-state index contributed by atoms with van der Waals surface area (Å²) in [5.41, 5.74) is 0.371. The molecule has 0 saturated heterocycles. The minimum atomic E-state index is -0.478. The lowest BCUT2D eigenvalue weighted by atomic mass is 10.2. The molecule has 3 N–H and O–H groups in total. The van der Waals surface area contributed by atoms with Crippen LogP contribution in [0.3, 0.4) is 0 Å². The number of aromatic nitrogens is 1. The van der Waals surface area contributed by atoms with Gasteiger partial charge in [0.2, 0.25) is 0 Å². The highest BCUT2D eigenvalue weighted by molar-refractivity contribution is 7.07. The van der Waals surface area contributed by atoms with Crippen molar-refractivity contribution < 1.29 is 9.53 Å². The molecule has 0 unspecified atom stereocenters. The Kier molecular flexibility index (Phi) is 5.36. The van der Waals surface area contributed by atoms with Gasteiger partial charge in [-0.2, -0.15) is 0 Å². The number of rotatable bonds is 5. The van der Waals surface area contributed by atoms with E-state index >= 15 is 0 Å². The van der Waals surface area contributed by atoms with Gasteiger partial charge in [-0.05, 0) is 20.8 Å². The zero-order valence-electron chi connectivity index (χ0n) is 10.8. The Morgan fingerprint density at radius 1 is 1.44 bits per heavy atom. The van der Waals surface area contributed by atoms with Gasteiger partial charge < -0.3 is 20.4 Å². The summed E-state index contributed by atoms with van der Waals surface area (Å²) in [5.74, 6) is 0. The van der Waals surface area contributed by atoms with E-state index in [1.54, 1.807) is 5.38 Å². The van der Waals surface area contributed by atoms with Crippen molar-refractivity contribution in [3.63, 3.8) is 0 Å². The molecule has 1 amide bonds. The van der Waals surface area contributed by atoms with Crippen molar-refractivity contribution >= 4 is 17.4 Å². The Labute approximate surface area is 110 Å². The maximum Gasteiger partial charge on any atom is 0.407 e. The molecule has 102 valence electrons. The van der Waals surface area contributed by atoms with Crippen molar-refractivity contribution in [1.29, 1.82) is 0 Å². The third kappa shape index (κ3) is 6.41. The summed E-state index contributed by atoms with van der Waals surface area (Å²) in [6.07, 6.45) is -0.423. The fourth-order valence-corrected chi connectivity index (χ4v) is 1.77. The average molecular weight is 273 g/mol. The SMILES string of the molecule is CC(C)(C)OC(=O)NCCNCc1csc(=O)[nH]1. The first-order valence-electron chi connectivity index (χ1n) is 5.71. The number of carbonyl (C=O) groups excluding carboxylic acids is 1. The normalized spacial score (nSPS) is 11.3. The van der Waals surface area contributed by atoms with Crippen LogP contribution in [0.1, 0.15) is 26.5 Å². The van der Waals surface area contributed by atoms with Crippen LogP contribution >= 0.6 is 11.3 Å². The van der Waals surface area contributed by atoms with Crippen molar-refractivity contribution in [2.75, 3.05) is 13.1 Å². The van der Waals surface area contributed by atoms with Gasteiger partial charge in [0.1, 0.15) is 5.60 Å². The fourth-order valence-electron chi connectivity index (χ4n) is 1.19. The van der Waals surface area contributed by atoms with Gasteiger partial charge in [-0.15, -0.1) is 0 Å². The maximum absolute atomic E-state index is 11.3. The summed E-state index contributed by atoms with van der Waals surface area (Å²) in [5, 5.41) is 7.51. The summed E-state index contributed by atoms with van der Waals surface area (Å²) >= 11 is 1.14. The average Bonchev–Trinajstić information content (AvgIpc) is 2.61. The molecule has 0 aromatic carbocycles. The number of thiazole rings is 1. The lowest BCUT2D eigenvalue weighted by molar-refractivity contribution is 0.0528. The third-order valence-corrected chi connectivity index (χ3v) is 2.57. The van der Waals surface area contributed by atoms with Crippen molar-refractivity contribution in [2.24, 2.45) is 0 Å². The lowest BCUT2D eigenvalue weighted by Crippen LogP contribution is -2.36. The number of amides is 1. The predicted molar refractivity (Wildman–Crippen MR) is 70.9 cm³/mol. The largest absolute Gasteiger partial charge is 0.444 e. The Morgan fingerprint density at radius 3 is 2.72 bits per heavy atom. The summed E-state index contributed by atoms with van der Waals surface area (Å²) in [6, 6.07) is 0. The highest BCUT2D eigenvalue weighted by atomic mass is 32.1. The zero-order valence-corrected chi connectivity index (χ0v) is 11.6. The van der Waals surface area contributed by atoms with Crippen LogP contribution in [0.15, 0.2) is 10.2 Å². The number of carbonyl (C=O) groups is 1. The van der Waals surface area contributed by atoms with E-state index in [0.717, 1.165) is 17.0 Å². The predicted octanol–water partition coefficient (Wildman–Crippen LogP) is 1.05. The first kappa shape index (κ1) is 14.7. The van der Waals surface area contributed by atoms with Crippen molar-refractivity contribution in [1.82, 2.24) is 15.6 Å². The monoisotopic (exact) mass is 273 g/mol. The second-order valence-corrected chi connectivity index (χ2v) is 5.62. The summed E-state index contributed by atoms with van der Waals surface area (Å²) in [6.45, 7) is 7.11. The fraction of sp³-hybridized carbons (Fsp3) is 0.636. The molecular weight excluding hydrogens is 254 g/mol. The van der Waals surface area contributed by atoms with E-state index in [0.29, 0.717) is 19.6 Å². The maximum atomic E-state index is 11.3. The second kappa shape index (κ2) is 6.55. The van der Waals surface area contributed by atoms with Crippen LogP contribution < -0.4 is 15.5 Å². The smallest absolute Gasteiger partial charge is 0.407 e. The molecule has 1 aromatic heterocycles. The van der Waals surface area contributed by atoms with E-state index in [-0.39, 0.29) is 4.87 Å². The molecule has 0 radical (unpaired) electrons. The Bertz CT molecular complexity index is 433. The quantitative estimate of drug-likeness (QED) is 0.700. The van der Waals surface area contributed by atoms with Crippen LogP contribution in [0.2, 0.25) is 0 Å². The number of hydrogen-bond donors (Lipinski definition) is 3. The summed E-state index contributed by atoms with van der Waals surface area (Å²) in [4.78, 5) is 24.8. The first-order chi connectivity index (χ1) is 8.37.